The number of halogens is 1. The van der Waals surface area contributed by atoms with Gasteiger partial charge in [-0.25, -0.2) is 4.39 Å². The molecule has 0 spiro atoms. The monoisotopic (exact) mass is 394 g/mol. The summed E-state index contributed by atoms with van der Waals surface area (Å²) in [4.78, 5) is 0. The number of allylic oxidation sites excluding steroid dienone is 7. The minimum atomic E-state index is -0.859. The highest BCUT2D eigenvalue weighted by Crippen LogP contribution is 2.67. The number of fused-ring (bicyclic) bond motifs is 1. The maximum Gasteiger partial charge on any atom is 0.125 e. The van der Waals surface area contributed by atoms with Crippen LogP contribution in [0.25, 0.3) is 0 Å². The molecule has 4 aliphatic carbocycles. The fraction of sp³-hybridized carbons (Fsp3) is 0.630. The van der Waals surface area contributed by atoms with Crippen LogP contribution in [0.5, 0.6) is 0 Å². The molecule has 0 amide bonds. The summed E-state index contributed by atoms with van der Waals surface area (Å²) in [6.45, 7) is 8.20. The molecular weight excluding hydrogens is 359 g/mol. The number of aliphatic hydroxyl groups excluding tert-OH is 1. The van der Waals surface area contributed by atoms with Crippen LogP contribution in [-0.2, 0) is 0 Å². The van der Waals surface area contributed by atoms with E-state index in [4.69, 9.17) is 0 Å². The molecule has 4 unspecified atom stereocenters. The summed E-state index contributed by atoms with van der Waals surface area (Å²) >= 11 is 0. The largest absolute Gasteiger partial charge is 0.381 e. The number of aliphatic hydroxyl groups is 1. The Hall–Kier alpha value is -1.59. The lowest BCUT2D eigenvalue weighted by Gasteiger charge is -2.43. The van der Waals surface area contributed by atoms with Crippen LogP contribution < -0.4 is 0 Å². The number of hydrogen-bond acceptors (Lipinski definition) is 1. The zero-order valence-corrected chi connectivity index (χ0v) is 18.1. The topological polar surface area (TPSA) is 20.2 Å². The Bertz CT molecular complexity index is 826. The standard InChI is InChI=1S/C27H35FO/c1-19(29)7-5-16-27(17-18-27)25-14-13-23-22(9-6-15-26(23,25)3)12-11-21-8-4-10-24(28)20(21)2/h11-12,14,19,23-24,29H,2,4,6,8-10,13,15-18H2,1,3H3/b21-11-,22-12+. The number of hydrogen-bond donors (Lipinski definition) is 1. The number of rotatable bonds is 3. The predicted molar refractivity (Wildman–Crippen MR) is 118 cm³/mol. The van der Waals surface area contributed by atoms with E-state index in [9.17, 15) is 9.50 Å². The molecule has 0 aromatic heterocycles. The molecule has 1 N–H and O–H groups in total. The molecule has 0 radical (unpaired) electrons. The van der Waals surface area contributed by atoms with Crippen LogP contribution in [0.1, 0.15) is 78.1 Å². The van der Waals surface area contributed by atoms with E-state index in [1.54, 1.807) is 12.5 Å². The lowest BCUT2D eigenvalue weighted by atomic mass is 9.61. The van der Waals surface area contributed by atoms with Crippen LogP contribution in [0.2, 0.25) is 0 Å². The molecule has 3 fully saturated rings. The Kier molecular flexibility index (Phi) is 5.64. The highest BCUT2D eigenvalue weighted by Gasteiger charge is 2.56. The van der Waals surface area contributed by atoms with Gasteiger partial charge in [0.05, 0.1) is 0 Å². The van der Waals surface area contributed by atoms with Crippen molar-refractivity contribution in [3.05, 3.63) is 47.1 Å². The minimum absolute atomic E-state index is 0.234. The van der Waals surface area contributed by atoms with Gasteiger partial charge in [0, 0.05) is 11.8 Å². The molecular formula is C27H35FO. The molecule has 2 heteroatoms. The quantitative estimate of drug-likeness (QED) is 0.422. The van der Waals surface area contributed by atoms with Crippen molar-refractivity contribution in [3.8, 4) is 11.8 Å². The van der Waals surface area contributed by atoms with Gasteiger partial charge < -0.3 is 5.11 Å². The highest BCUT2D eigenvalue weighted by atomic mass is 19.1. The van der Waals surface area contributed by atoms with Crippen LogP contribution >= 0.6 is 0 Å². The fourth-order valence-corrected chi connectivity index (χ4v) is 6.11. The predicted octanol–water partition coefficient (Wildman–Crippen LogP) is 6.61. The van der Waals surface area contributed by atoms with Gasteiger partial charge in [-0.05, 0) is 87.2 Å². The average molecular weight is 395 g/mol. The van der Waals surface area contributed by atoms with Crippen molar-refractivity contribution in [2.75, 3.05) is 0 Å². The maximum atomic E-state index is 14.0. The first-order valence-electron chi connectivity index (χ1n) is 11.5. The van der Waals surface area contributed by atoms with Crippen LogP contribution in [0.15, 0.2) is 47.1 Å². The van der Waals surface area contributed by atoms with Crippen LogP contribution in [0.3, 0.4) is 0 Å². The summed E-state index contributed by atoms with van der Waals surface area (Å²) < 4.78 is 14.0. The molecule has 4 aliphatic rings. The van der Waals surface area contributed by atoms with E-state index in [0.29, 0.717) is 17.9 Å². The van der Waals surface area contributed by atoms with Gasteiger partial charge in [-0.2, -0.15) is 0 Å². The van der Waals surface area contributed by atoms with Crippen molar-refractivity contribution < 1.29 is 9.50 Å². The summed E-state index contributed by atoms with van der Waals surface area (Å²) in [6, 6.07) is 0. The van der Waals surface area contributed by atoms with Gasteiger partial charge in [0.1, 0.15) is 12.3 Å². The van der Waals surface area contributed by atoms with Crippen molar-refractivity contribution in [2.45, 2.75) is 90.3 Å². The first kappa shape index (κ1) is 20.7. The van der Waals surface area contributed by atoms with Gasteiger partial charge in [0.15, 0.2) is 0 Å². The molecule has 3 saturated carbocycles. The summed E-state index contributed by atoms with van der Waals surface area (Å²) in [7, 11) is 0. The van der Waals surface area contributed by atoms with E-state index in [0.717, 1.165) is 37.7 Å². The Balaban J connectivity index is 1.54. The molecule has 1 nitrogen and oxygen atoms in total. The normalized spacial score (nSPS) is 37.0. The summed E-state index contributed by atoms with van der Waals surface area (Å²) in [5.74, 6) is 6.77. The fourth-order valence-electron chi connectivity index (χ4n) is 6.11. The van der Waals surface area contributed by atoms with Crippen molar-refractivity contribution in [3.63, 3.8) is 0 Å². The second-order valence-corrected chi connectivity index (χ2v) is 9.95. The van der Waals surface area contributed by atoms with Gasteiger partial charge in [-0.1, -0.05) is 54.7 Å². The molecule has 4 rings (SSSR count). The summed E-state index contributed by atoms with van der Waals surface area (Å²) in [5.41, 5.74) is 5.48. The van der Waals surface area contributed by atoms with E-state index < -0.39 is 12.3 Å². The Morgan fingerprint density at radius 3 is 2.79 bits per heavy atom. The smallest absolute Gasteiger partial charge is 0.125 e. The summed E-state index contributed by atoms with van der Waals surface area (Å²) in [6.07, 6.45) is 16.2. The van der Waals surface area contributed by atoms with Gasteiger partial charge in [-0.3, -0.25) is 0 Å². The van der Waals surface area contributed by atoms with Crippen molar-refractivity contribution in [2.24, 2.45) is 16.7 Å². The Morgan fingerprint density at radius 2 is 2.07 bits per heavy atom. The third kappa shape index (κ3) is 3.91. The van der Waals surface area contributed by atoms with Gasteiger partial charge >= 0.3 is 0 Å². The molecule has 156 valence electrons. The lowest BCUT2D eigenvalue weighted by Crippen LogP contribution is -2.33. The Labute approximate surface area is 175 Å². The van der Waals surface area contributed by atoms with E-state index >= 15 is 0 Å². The maximum absolute atomic E-state index is 14.0. The third-order valence-electron chi connectivity index (χ3n) is 7.91. The van der Waals surface area contributed by atoms with Gasteiger partial charge in [0.25, 0.3) is 0 Å². The van der Waals surface area contributed by atoms with Gasteiger partial charge in [-0.15, -0.1) is 0 Å². The second kappa shape index (κ2) is 7.92. The molecule has 0 aromatic rings. The molecule has 4 atom stereocenters. The van der Waals surface area contributed by atoms with E-state index in [1.807, 2.05) is 0 Å². The van der Waals surface area contributed by atoms with E-state index in [1.165, 1.54) is 31.3 Å². The molecule has 0 aliphatic heterocycles. The van der Waals surface area contributed by atoms with Crippen molar-refractivity contribution >= 4 is 0 Å². The number of alkyl halides is 1. The first-order chi connectivity index (χ1) is 13.9. The SMILES string of the molecule is C=C1/C(=C\C=C2/CCCC3(C)C(C4(CC#CC(C)O)CC4)=CCC23)CCCC1F. The van der Waals surface area contributed by atoms with E-state index in [-0.39, 0.29) is 10.8 Å². The lowest BCUT2D eigenvalue weighted by molar-refractivity contribution is 0.212. The third-order valence-corrected chi connectivity index (χ3v) is 7.91. The minimum Gasteiger partial charge on any atom is -0.381 e. The van der Waals surface area contributed by atoms with Crippen molar-refractivity contribution in [1.82, 2.24) is 0 Å². The highest BCUT2D eigenvalue weighted by molar-refractivity contribution is 5.42. The molecule has 0 aromatic carbocycles. The average Bonchev–Trinajstić information content (AvgIpc) is 3.35. The van der Waals surface area contributed by atoms with Crippen LogP contribution in [0, 0.1) is 28.6 Å². The zero-order valence-electron chi connectivity index (χ0n) is 18.1. The molecule has 0 saturated heterocycles. The first-order valence-corrected chi connectivity index (χ1v) is 11.5. The Morgan fingerprint density at radius 1 is 1.28 bits per heavy atom. The van der Waals surface area contributed by atoms with E-state index in [2.05, 4.69) is 43.6 Å². The molecule has 29 heavy (non-hydrogen) atoms. The van der Waals surface area contributed by atoms with Crippen LogP contribution in [-0.4, -0.2) is 17.4 Å². The molecule has 0 bridgehead atoms. The molecule has 0 heterocycles. The zero-order chi connectivity index (χ0) is 20.6. The second-order valence-electron chi connectivity index (χ2n) is 9.95. The van der Waals surface area contributed by atoms with Gasteiger partial charge in [0.2, 0.25) is 0 Å². The van der Waals surface area contributed by atoms with Crippen molar-refractivity contribution in [1.29, 1.82) is 0 Å². The van der Waals surface area contributed by atoms with Crippen LogP contribution in [0.4, 0.5) is 4.39 Å². The summed E-state index contributed by atoms with van der Waals surface area (Å²) in [5, 5.41) is 9.48.